The molecule has 2 fully saturated rings. The highest BCUT2D eigenvalue weighted by Crippen LogP contribution is 2.62. The Kier molecular flexibility index (Phi) is 3.66. The fourth-order valence-corrected chi connectivity index (χ4v) is 2.93. The van der Waals surface area contributed by atoms with Gasteiger partial charge in [0.25, 0.3) is 5.92 Å². The van der Waals surface area contributed by atoms with Crippen LogP contribution in [-0.2, 0) is 9.53 Å². The molecule has 5 heteroatoms. The summed E-state index contributed by atoms with van der Waals surface area (Å²) in [5.41, 5.74) is 0. The van der Waals surface area contributed by atoms with E-state index in [-0.39, 0.29) is 18.9 Å². The van der Waals surface area contributed by atoms with Crippen LogP contribution < -0.4 is 5.32 Å². The second kappa shape index (κ2) is 4.88. The molecule has 2 atom stereocenters. The van der Waals surface area contributed by atoms with Crippen molar-refractivity contribution >= 4 is 5.97 Å². The van der Waals surface area contributed by atoms with Gasteiger partial charge in [-0.15, -0.1) is 0 Å². The van der Waals surface area contributed by atoms with Crippen LogP contribution >= 0.6 is 0 Å². The minimum atomic E-state index is -2.66. The lowest BCUT2D eigenvalue weighted by Gasteiger charge is -2.22. The molecule has 0 radical (unpaired) electrons. The fourth-order valence-electron chi connectivity index (χ4n) is 2.93. The number of ether oxygens (including phenoxy) is 1. The molecule has 0 bridgehead atoms. The van der Waals surface area contributed by atoms with Gasteiger partial charge in [-0.1, -0.05) is 0 Å². The molecule has 1 saturated carbocycles. The van der Waals surface area contributed by atoms with Gasteiger partial charge < -0.3 is 10.1 Å². The van der Waals surface area contributed by atoms with Crippen molar-refractivity contribution in [3.05, 3.63) is 0 Å². The third-order valence-electron chi connectivity index (χ3n) is 3.85. The van der Waals surface area contributed by atoms with Gasteiger partial charge in [0.1, 0.15) is 0 Å². The van der Waals surface area contributed by atoms with E-state index in [2.05, 4.69) is 5.32 Å². The van der Waals surface area contributed by atoms with Crippen molar-refractivity contribution in [1.29, 1.82) is 0 Å². The molecular weight excluding hydrogens is 228 g/mol. The van der Waals surface area contributed by atoms with Gasteiger partial charge in [-0.2, -0.15) is 0 Å². The van der Waals surface area contributed by atoms with E-state index < -0.39 is 23.7 Å². The zero-order valence-electron chi connectivity index (χ0n) is 10.0. The summed E-state index contributed by atoms with van der Waals surface area (Å²) in [6.45, 7) is 3.56. The van der Waals surface area contributed by atoms with Crippen molar-refractivity contribution in [2.75, 3.05) is 19.7 Å². The Morgan fingerprint density at radius 1 is 1.41 bits per heavy atom. The number of alkyl halides is 2. The third-order valence-corrected chi connectivity index (χ3v) is 3.85. The minimum Gasteiger partial charge on any atom is -0.466 e. The number of rotatable bonds is 4. The van der Waals surface area contributed by atoms with Crippen molar-refractivity contribution < 1.29 is 18.3 Å². The lowest BCUT2D eigenvalue weighted by Crippen LogP contribution is -2.29. The predicted molar refractivity (Wildman–Crippen MR) is 58.8 cm³/mol. The first-order chi connectivity index (χ1) is 8.07. The molecule has 2 unspecified atom stereocenters. The number of carbonyl (C=O) groups excluding carboxylic acids is 1. The summed E-state index contributed by atoms with van der Waals surface area (Å²) in [5.74, 6) is -4.48. The molecule has 98 valence electrons. The number of carbonyl (C=O) groups is 1. The fraction of sp³-hybridized carbons (Fsp3) is 0.917. The number of esters is 1. The third kappa shape index (κ3) is 2.59. The van der Waals surface area contributed by atoms with Gasteiger partial charge in [0, 0.05) is 11.8 Å². The zero-order chi connectivity index (χ0) is 12.5. The summed E-state index contributed by atoms with van der Waals surface area (Å²) >= 11 is 0. The largest absolute Gasteiger partial charge is 0.466 e. The summed E-state index contributed by atoms with van der Waals surface area (Å²) in [7, 11) is 0. The molecule has 2 aliphatic rings. The smallest absolute Gasteiger partial charge is 0.306 e. The van der Waals surface area contributed by atoms with Crippen molar-refractivity contribution in [3.8, 4) is 0 Å². The monoisotopic (exact) mass is 247 g/mol. The second-order valence-corrected chi connectivity index (χ2v) is 4.90. The molecule has 17 heavy (non-hydrogen) atoms. The average molecular weight is 247 g/mol. The van der Waals surface area contributed by atoms with Crippen molar-refractivity contribution in [2.45, 2.75) is 32.1 Å². The Morgan fingerprint density at radius 3 is 2.65 bits per heavy atom. The van der Waals surface area contributed by atoms with Gasteiger partial charge >= 0.3 is 5.97 Å². The zero-order valence-corrected chi connectivity index (χ0v) is 10.0. The average Bonchev–Trinajstić information content (AvgIpc) is 2.82. The predicted octanol–water partition coefficient (Wildman–Crippen LogP) is 1.82. The van der Waals surface area contributed by atoms with Crippen LogP contribution in [0.4, 0.5) is 8.78 Å². The molecular formula is C12H19F2NO2. The number of nitrogens with one attached hydrogen (secondary N) is 1. The van der Waals surface area contributed by atoms with Crippen LogP contribution in [0.1, 0.15) is 26.2 Å². The Bertz CT molecular complexity index is 290. The van der Waals surface area contributed by atoms with E-state index in [1.807, 2.05) is 0 Å². The molecule has 1 heterocycles. The quantitative estimate of drug-likeness (QED) is 0.770. The summed E-state index contributed by atoms with van der Waals surface area (Å²) in [6, 6.07) is 0. The molecule has 0 aromatic carbocycles. The maximum Gasteiger partial charge on any atom is 0.306 e. The first-order valence-electron chi connectivity index (χ1n) is 6.31. The number of hydrogen-bond acceptors (Lipinski definition) is 3. The normalized spacial score (nSPS) is 32.2. The summed E-state index contributed by atoms with van der Waals surface area (Å²) in [4.78, 5) is 11.2. The minimum absolute atomic E-state index is 0.0608. The molecule has 3 nitrogen and oxygen atoms in total. The van der Waals surface area contributed by atoms with Crippen LogP contribution in [0.5, 0.6) is 0 Å². The highest BCUT2D eigenvalue weighted by atomic mass is 19.3. The highest BCUT2D eigenvalue weighted by molar-refractivity contribution is 5.70. The molecule has 2 rings (SSSR count). The Morgan fingerprint density at radius 2 is 2.06 bits per heavy atom. The van der Waals surface area contributed by atoms with Crippen molar-refractivity contribution in [2.24, 2.45) is 17.8 Å². The first kappa shape index (κ1) is 12.7. The maximum absolute atomic E-state index is 13.6. The van der Waals surface area contributed by atoms with E-state index in [4.69, 9.17) is 4.74 Å². The topological polar surface area (TPSA) is 38.3 Å². The molecule has 1 N–H and O–H groups in total. The van der Waals surface area contributed by atoms with E-state index in [0.29, 0.717) is 0 Å². The van der Waals surface area contributed by atoms with Gasteiger partial charge in [0.15, 0.2) is 0 Å². The molecule has 1 aliphatic heterocycles. The van der Waals surface area contributed by atoms with Gasteiger partial charge in [-0.25, -0.2) is 8.78 Å². The standard InChI is InChI=1S/C12H19F2NO2/c1-2-17-10(16)7-9-11(12(9,13)14)8-3-5-15-6-4-8/h8-9,11,15H,2-7H2,1H3. The van der Waals surface area contributed by atoms with Crippen molar-refractivity contribution in [3.63, 3.8) is 0 Å². The SMILES string of the molecule is CCOC(=O)CC1C(C2CCNCC2)C1(F)F. The van der Waals surface area contributed by atoms with Crippen LogP contribution in [0.3, 0.4) is 0 Å². The Labute approximate surface area is 99.9 Å². The molecule has 1 saturated heterocycles. The second-order valence-electron chi connectivity index (χ2n) is 4.90. The Hall–Kier alpha value is -0.710. The van der Waals surface area contributed by atoms with Crippen LogP contribution in [0.15, 0.2) is 0 Å². The van der Waals surface area contributed by atoms with Crippen LogP contribution in [-0.4, -0.2) is 31.6 Å². The first-order valence-corrected chi connectivity index (χ1v) is 6.31. The van der Waals surface area contributed by atoms with Crippen LogP contribution in [0, 0.1) is 17.8 Å². The molecule has 0 spiro atoms. The van der Waals surface area contributed by atoms with Gasteiger partial charge in [-0.3, -0.25) is 4.79 Å². The number of halogens is 2. The van der Waals surface area contributed by atoms with Crippen molar-refractivity contribution in [1.82, 2.24) is 5.32 Å². The van der Waals surface area contributed by atoms with E-state index in [1.165, 1.54) is 0 Å². The number of hydrogen-bond donors (Lipinski definition) is 1. The van der Waals surface area contributed by atoms with Crippen LogP contribution in [0.2, 0.25) is 0 Å². The lowest BCUT2D eigenvalue weighted by molar-refractivity contribution is -0.144. The maximum atomic E-state index is 13.6. The summed E-state index contributed by atoms with van der Waals surface area (Å²) in [5, 5.41) is 3.16. The van der Waals surface area contributed by atoms with Crippen LogP contribution in [0.25, 0.3) is 0 Å². The summed E-state index contributed by atoms with van der Waals surface area (Å²) < 4.78 is 32.0. The van der Waals surface area contributed by atoms with E-state index in [1.54, 1.807) is 6.92 Å². The van der Waals surface area contributed by atoms with E-state index >= 15 is 0 Å². The number of piperidine rings is 1. The Balaban J connectivity index is 1.88. The highest BCUT2D eigenvalue weighted by Gasteiger charge is 2.70. The summed E-state index contributed by atoms with van der Waals surface area (Å²) in [6.07, 6.45) is 1.45. The van der Waals surface area contributed by atoms with Gasteiger partial charge in [-0.05, 0) is 38.8 Å². The molecule has 1 aliphatic carbocycles. The van der Waals surface area contributed by atoms with E-state index in [0.717, 1.165) is 25.9 Å². The lowest BCUT2D eigenvalue weighted by atomic mass is 9.91. The van der Waals surface area contributed by atoms with Gasteiger partial charge in [0.2, 0.25) is 0 Å². The molecule has 0 amide bonds. The van der Waals surface area contributed by atoms with Gasteiger partial charge in [0.05, 0.1) is 13.0 Å². The molecule has 0 aromatic rings. The molecule has 0 aromatic heterocycles. The van der Waals surface area contributed by atoms with E-state index in [9.17, 15) is 13.6 Å².